The van der Waals surface area contributed by atoms with Crippen LogP contribution in [0.15, 0.2) is 41.5 Å². The molecule has 0 saturated carbocycles. The number of benzene rings is 1. The van der Waals surface area contributed by atoms with Gasteiger partial charge in [-0.1, -0.05) is 23.7 Å². The van der Waals surface area contributed by atoms with Crippen molar-refractivity contribution in [1.82, 2.24) is 5.43 Å². The molecular formula is C13H11ClN2O2S. The quantitative estimate of drug-likeness (QED) is 0.674. The highest BCUT2D eigenvalue weighted by molar-refractivity contribution is 7.18. The van der Waals surface area contributed by atoms with E-state index >= 15 is 0 Å². The lowest BCUT2D eigenvalue weighted by molar-refractivity contribution is 0.0952. The van der Waals surface area contributed by atoms with E-state index in [1.807, 2.05) is 6.07 Å². The number of amides is 1. The van der Waals surface area contributed by atoms with Gasteiger partial charge >= 0.3 is 0 Å². The third kappa shape index (κ3) is 3.33. The monoisotopic (exact) mass is 294 g/mol. The fourth-order valence-corrected chi connectivity index (χ4v) is 2.41. The molecule has 0 spiro atoms. The summed E-state index contributed by atoms with van der Waals surface area (Å²) in [5.74, 6) is -0.535. The van der Waals surface area contributed by atoms with Crippen LogP contribution >= 0.6 is 22.9 Å². The number of hydrogen-bond acceptors (Lipinski definition) is 4. The maximum absolute atomic E-state index is 11.8. The minimum absolute atomic E-state index is 0.0768. The van der Waals surface area contributed by atoms with Crippen LogP contribution in [0.5, 0.6) is 5.75 Å². The maximum atomic E-state index is 11.8. The second-order valence-electron chi connectivity index (χ2n) is 3.76. The molecule has 0 bridgehead atoms. The minimum atomic E-state index is -0.458. The van der Waals surface area contributed by atoms with E-state index in [0.29, 0.717) is 10.0 Å². The number of halogens is 1. The number of nitrogens with zero attached hydrogens (tertiary/aromatic N) is 1. The van der Waals surface area contributed by atoms with Gasteiger partial charge < -0.3 is 5.11 Å². The van der Waals surface area contributed by atoms with E-state index in [9.17, 15) is 9.90 Å². The van der Waals surface area contributed by atoms with Gasteiger partial charge in [-0.3, -0.25) is 4.79 Å². The second-order valence-corrected chi connectivity index (χ2v) is 5.47. The highest BCUT2D eigenvalue weighted by Crippen LogP contribution is 2.22. The molecule has 0 saturated heterocycles. The van der Waals surface area contributed by atoms with E-state index in [4.69, 9.17) is 11.6 Å². The highest BCUT2D eigenvalue weighted by atomic mass is 35.5. The van der Waals surface area contributed by atoms with Crippen molar-refractivity contribution < 1.29 is 9.90 Å². The largest absolute Gasteiger partial charge is 0.507 e. The highest BCUT2D eigenvalue weighted by Gasteiger charge is 2.09. The van der Waals surface area contributed by atoms with Gasteiger partial charge in [0.15, 0.2) is 0 Å². The van der Waals surface area contributed by atoms with Crippen molar-refractivity contribution in [1.29, 1.82) is 0 Å². The van der Waals surface area contributed by atoms with Gasteiger partial charge in [-0.05, 0) is 31.2 Å². The summed E-state index contributed by atoms with van der Waals surface area (Å²) in [7, 11) is 0. The molecule has 19 heavy (non-hydrogen) atoms. The Balaban J connectivity index is 2.10. The van der Waals surface area contributed by atoms with E-state index < -0.39 is 5.91 Å². The van der Waals surface area contributed by atoms with Gasteiger partial charge in [0.2, 0.25) is 0 Å². The SMILES string of the molecule is CC(=NNC(=O)c1ccccc1O)c1ccc(Cl)s1. The van der Waals surface area contributed by atoms with Crippen molar-refractivity contribution in [2.24, 2.45) is 5.10 Å². The molecule has 0 atom stereocenters. The Labute approximate surface area is 119 Å². The van der Waals surface area contributed by atoms with E-state index in [2.05, 4.69) is 10.5 Å². The van der Waals surface area contributed by atoms with Gasteiger partial charge in [0.1, 0.15) is 5.75 Å². The standard InChI is InChI=1S/C13H11ClN2O2S/c1-8(11-6-7-12(14)19-11)15-16-13(18)9-4-2-3-5-10(9)17/h2-7,17H,1H3,(H,16,18). The number of carbonyl (C=O) groups is 1. The lowest BCUT2D eigenvalue weighted by Gasteiger charge is -2.03. The third-order valence-corrected chi connectivity index (χ3v) is 3.74. The molecule has 1 aromatic heterocycles. The van der Waals surface area contributed by atoms with E-state index in [0.717, 1.165) is 4.88 Å². The number of phenolic OH excluding ortho intramolecular Hbond substituents is 1. The number of para-hydroxylation sites is 1. The topological polar surface area (TPSA) is 61.7 Å². The molecule has 2 rings (SSSR count). The summed E-state index contributed by atoms with van der Waals surface area (Å²) in [6.45, 7) is 1.77. The van der Waals surface area contributed by atoms with Crippen molar-refractivity contribution in [2.45, 2.75) is 6.92 Å². The molecule has 0 radical (unpaired) electrons. The van der Waals surface area contributed by atoms with Crippen LogP contribution in [0.1, 0.15) is 22.2 Å². The molecule has 0 unspecified atom stereocenters. The first kappa shape index (κ1) is 13.6. The summed E-state index contributed by atoms with van der Waals surface area (Å²) >= 11 is 7.21. The molecule has 2 N–H and O–H groups in total. The van der Waals surface area contributed by atoms with Gasteiger partial charge in [0.05, 0.1) is 20.5 Å². The number of aromatic hydroxyl groups is 1. The maximum Gasteiger partial charge on any atom is 0.275 e. The molecule has 0 fully saturated rings. The van der Waals surface area contributed by atoms with Gasteiger partial charge in [0, 0.05) is 0 Å². The molecule has 6 heteroatoms. The predicted molar refractivity (Wildman–Crippen MR) is 77.1 cm³/mol. The predicted octanol–water partition coefficient (Wildman–Crippen LogP) is 3.26. The number of phenols is 1. The van der Waals surface area contributed by atoms with Crippen LogP contribution in [0, 0.1) is 0 Å². The second kappa shape index (κ2) is 5.86. The zero-order chi connectivity index (χ0) is 13.8. The summed E-state index contributed by atoms with van der Waals surface area (Å²) in [6.07, 6.45) is 0. The lowest BCUT2D eigenvalue weighted by Crippen LogP contribution is -2.19. The molecule has 98 valence electrons. The van der Waals surface area contributed by atoms with Crippen LogP contribution < -0.4 is 5.43 Å². The van der Waals surface area contributed by atoms with Crippen LogP contribution in [0.2, 0.25) is 4.34 Å². The van der Waals surface area contributed by atoms with Crippen molar-refractivity contribution in [3.05, 3.63) is 51.2 Å². The van der Waals surface area contributed by atoms with Gasteiger partial charge in [0.25, 0.3) is 5.91 Å². The summed E-state index contributed by atoms with van der Waals surface area (Å²) in [4.78, 5) is 12.7. The Morgan fingerprint density at radius 2 is 2.05 bits per heavy atom. The summed E-state index contributed by atoms with van der Waals surface area (Å²) in [5.41, 5.74) is 3.24. The van der Waals surface area contributed by atoms with Crippen molar-refractivity contribution in [2.75, 3.05) is 0 Å². The zero-order valence-electron chi connectivity index (χ0n) is 10.1. The first-order valence-corrected chi connectivity index (χ1v) is 6.65. The van der Waals surface area contributed by atoms with Gasteiger partial charge in [-0.25, -0.2) is 5.43 Å². The van der Waals surface area contributed by atoms with Gasteiger partial charge in [-0.15, -0.1) is 11.3 Å². The fourth-order valence-electron chi connectivity index (χ4n) is 1.42. The number of carbonyl (C=O) groups excluding carboxylic acids is 1. The Morgan fingerprint density at radius 1 is 1.32 bits per heavy atom. The summed E-state index contributed by atoms with van der Waals surface area (Å²) in [6, 6.07) is 9.89. The fraction of sp³-hybridized carbons (Fsp3) is 0.0769. The first-order valence-electron chi connectivity index (χ1n) is 5.46. The van der Waals surface area contributed by atoms with Crippen LogP contribution in [0.25, 0.3) is 0 Å². The molecule has 1 aromatic carbocycles. The lowest BCUT2D eigenvalue weighted by atomic mass is 10.2. The molecular weight excluding hydrogens is 284 g/mol. The molecule has 0 aliphatic carbocycles. The average Bonchev–Trinajstić information content (AvgIpc) is 2.83. The molecule has 0 aliphatic rings. The van der Waals surface area contributed by atoms with Crippen molar-refractivity contribution in [3.8, 4) is 5.75 Å². The molecule has 1 heterocycles. The molecule has 4 nitrogen and oxygen atoms in total. The van der Waals surface area contributed by atoms with Crippen molar-refractivity contribution in [3.63, 3.8) is 0 Å². The first-order chi connectivity index (χ1) is 9.08. The number of rotatable bonds is 3. The van der Waals surface area contributed by atoms with E-state index in [1.165, 1.54) is 23.5 Å². The Morgan fingerprint density at radius 3 is 2.68 bits per heavy atom. The van der Waals surface area contributed by atoms with Crippen molar-refractivity contribution >= 4 is 34.6 Å². The number of thiophene rings is 1. The molecule has 0 aliphatic heterocycles. The van der Waals surface area contributed by atoms with Crippen LogP contribution in [0.3, 0.4) is 0 Å². The third-order valence-electron chi connectivity index (χ3n) is 2.40. The smallest absolute Gasteiger partial charge is 0.275 e. The minimum Gasteiger partial charge on any atom is -0.507 e. The molecule has 2 aromatic rings. The average molecular weight is 295 g/mol. The van der Waals surface area contributed by atoms with Crippen LogP contribution in [-0.4, -0.2) is 16.7 Å². The number of hydrogen-bond donors (Lipinski definition) is 2. The number of hydrazone groups is 1. The van der Waals surface area contributed by atoms with Crippen LogP contribution in [0.4, 0.5) is 0 Å². The Hall–Kier alpha value is -1.85. The van der Waals surface area contributed by atoms with Gasteiger partial charge in [-0.2, -0.15) is 5.10 Å². The Bertz CT molecular complexity index is 637. The Kier molecular flexibility index (Phi) is 4.19. The zero-order valence-corrected chi connectivity index (χ0v) is 11.6. The summed E-state index contributed by atoms with van der Waals surface area (Å²) in [5, 5.41) is 13.5. The van der Waals surface area contributed by atoms with Crippen LogP contribution in [-0.2, 0) is 0 Å². The normalized spacial score (nSPS) is 11.4. The number of nitrogens with one attached hydrogen (secondary N) is 1. The summed E-state index contributed by atoms with van der Waals surface area (Å²) < 4.78 is 0.664. The molecule has 1 amide bonds. The van der Waals surface area contributed by atoms with E-state index in [-0.39, 0.29) is 11.3 Å². The van der Waals surface area contributed by atoms with E-state index in [1.54, 1.807) is 25.1 Å².